The van der Waals surface area contributed by atoms with E-state index in [0.29, 0.717) is 18.4 Å². The van der Waals surface area contributed by atoms with Gasteiger partial charge < -0.3 is 19.9 Å². The number of hydrogen-bond donors (Lipinski definition) is 1. The number of nitrogens with one attached hydrogen (secondary N) is 1. The van der Waals surface area contributed by atoms with Crippen LogP contribution in [0.1, 0.15) is 31.7 Å². The van der Waals surface area contributed by atoms with Crippen LogP contribution in [-0.2, 0) is 11.3 Å². The Labute approximate surface area is 164 Å². The highest BCUT2D eigenvalue weighted by Gasteiger charge is 2.25. The molecule has 1 N–H and O–H groups in total. The maximum absolute atomic E-state index is 5.95. The Morgan fingerprint density at radius 1 is 1.22 bits per heavy atom. The molecule has 2 saturated heterocycles. The van der Waals surface area contributed by atoms with E-state index in [0.717, 1.165) is 32.2 Å². The summed E-state index contributed by atoms with van der Waals surface area (Å²) in [4.78, 5) is 9.49. The minimum atomic E-state index is 0.592. The van der Waals surface area contributed by atoms with Crippen LogP contribution in [0.15, 0.2) is 35.3 Å². The summed E-state index contributed by atoms with van der Waals surface area (Å²) in [5, 5.41) is 3.60. The minimum absolute atomic E-state index is 0.592. The number of benzene rings is 1. The van der Waals surface area contributed by atoms with Crippen LogP contribution in [0.4, 0.5) is 0 Å². The molecule has 1 aromatic rings. The van der Waals surface area contributed by atoms with Crippen LogP contribution in [0.25, 0.3) is 0 Å². The molecule has 2 fully saturated rings. The number of nitrogens with zero attached hydrogens (tertiary/aromatic N) is 3. The average molecular weight is 373 g/mol. The van der Waals surface area contributed by atoms with E-state index in [1.54, 1.807) is 0 Å². The first-order valence-electron chi connectivity index (χ1n) is 10.5. The van der Waals surface area contributed by atoms with E-state index in [9.17, 15) is 0 Å². The predicted molar refractivity (Wildman–Crippen MR) is 112 cm³/mol. The molecule has 0 aromatic heterocycles. The zero-order chi connectivity index (χ0) is 18.9. The summed E-state index contributed by atoms with van der Waals surface area (Å²) >= 11 is 0. The number of aliphatic imine (C=N–C) groups is 1. The van der Waals surface area contributed by atoms with Crippen LogP contribution in [0.5, 0.6) is 0 Å². The lowest BCUT2D eigenvalue weighted by Gasteiger charge is -2.25. The number of guanidine groups is 1. The van der Waals surface area contributed by atoms with Crippen LogP contribution in [0.3, 0.4) is 0 Å². The van der Waals surface area contributed by atoms with Crippen molar-refractivity contribution in [3.05, 3.63) is 35.9 Å². The van der Waals surface area contributed by atoms with Gasteiger partial charge in [0.1, 0.15) is 0 Å². The largest absolute Gasteiger partial charge is 0.376 e. The van der Waals surface area contributed by atoms with E-state index in [1.807, 2.05) is 13.1 Å². The Kier molecular flexibility index (Phi) is 7.96. The summed E-state index contributed by atoms with van der Waals surface area (Å²) in [5.74, 6) is 2.29. The first-order chi connectivity index (χ1) is 13.2. The maximum atomic E-state index is 5.95. The van der Waals surface area contributed by atoms with E-state index in [2.05, 4.69) is 51.3 Å². The highest BCUT2D eigenvalue weighted by Crippen LogP contribution is 2.17. The van der Waals surface area contributed by atoms with Gasteiger partial charge in [-0.3, -0.25) is 4.99 Å². The Bertz CT molecular complexity index is 571. The quantitative estimate of drug-likeness (QED) is 0.563. The second-order valence-electron chi connectivity index (χ2n) is 8.14. The molecular weight excluding hydrogens is 336 g/mol. The summed E-state index contributed by atoms with van der Waals surface area (Å²) < 4.78 is 5.95. The summed E-state index contributed by atoms with van der Waals surface area (Å²) in [6.07, 6.45) is 3.91. The predicted octanol–water partition coefficient (Wildman–Crippen LogP) is 2.83. The van der Waals surface area contributed by atoms with E-state index >= 15 is 0 Å². The van der Waals surface area contributed by atoms with E-state index in [1.165, 1.54) is 44.5 Å². The van der Waals surface area contributed by atoms with Crippen molar-refractivity contribution in [2.24, 2.45) is 16.8 Å². The number of ether oxygens (including phenoxy) is 1. The lowest BCUT2D eigenvalue weighted by molar-refractivity contribution is 0.0906. The highest BCUT2D eigenvalue weighted by molar-refractivity contribution is 5.80. The van der Waals surface area contributed by atoms with E-state index in [4.69, 9.17) is 4.74 Å². The van der Waals surface area contributed by atoms with Gasteiger partial charge >= 0.3 is 0 Å². The number of likely N-dealkylation sites (tertiary alicyclic amines) is 2. The molecule has 2 atom stereocenters. The summed E-state index contributed by atoms with van der Waals surface area (Å²) in [5.41, 5.74) is 1.25. The molecule has 2 heterocycles. The van der Waals surface area contributed by atoms with Gasteiger partial charge in [0.05, 0.1) is 13.2 Å². The first-order valence-corrected chi connectivity index (χ1v) is 10.5. The second kappa shape index (κ2) is 10.7. The van der Waals surface area contributed by atoms with E-state index in [-0.39, 0.29) is 0 Å². The van der Waals surface area contributed by atoms with Gasteiger partial charge in [-0.1, -0.05) is 37.3 Å². The normalized spacial score (nSPS) is 22.4. The number of hydrogen-bond acceptors (Lipinski definition) is 3. The standard InChI is InChI=1S/C22H36N4O/c1-19(15-25-11-6-7-12-25)14-24-22(23-2)26-13-10-21(16-26)18-27-17-20-8-4-3-5-9-20/h3-5,8-9,19,21H,6-7,10-18H2,1-2H3,(H,23,24). The van der Waals surface area contributed by atoms with E-state index < -0.39 is 0 Å². The van der Waals surface area contributed by atoms with Crippen molar-refractivity contribution in [1.29, 1.82) is 0 Å². The number of rotatable bonds is 8. The lowest BCUT2D eigenvalue weighted by atomic mass is 10.1. The van der Waals surface area contributed by atoms with Gasteiger partial charge in [0, 0.05) is 39.1 Å². The summed E-state index contributed by atoms with van der Waals surface area (Å²) in [6.45, 7) is 10.7. The first kappa shape index (κ1) is 20.2. The lowest BCUT2D eigenvalue weighted by Crippen LogP contribution is -2.43. The molecule has 0 radical (unpaired) electrons. The Morgan fingerprint density at radius 2 is 2.00 bits per heavy atom. The van der Waals surface area contributed by atoms with Gasteiger partial charge in [-0.05, 0) is 43.8 Å². The molecule has 5 nitrogen and oxygen atoms in total. The molecule has 0 spiro atoms. The Morgan fingerprint density at radius 3 is 2.74 bits per heavy atom. The van der Waals surface area contributed by atoms with Crippen LogP contribution in [0.2, 0.25) is 0 Å². The topological polar surface area (TPSA) is 40.1 Å². The van der Waals surface area contributed by atoms with Crippen LogP contribution in [-0.4, -0.2) is 68.7 Å². The van der Waals surface area contributed by atoms with Crippen molar-refractivity contribution in [1.82, 2.24) is 15.1 Å². The van der Waals surface area contributed by atoms with Crippen molar-refractivity contribution < 1.29 is 4.74 Å². The molecule has 2 aliphatic rings. The molecule has 0 aliphatic carbocycles. The maximum Gasteiger partial charge on any atom is 0.193 e. The molecule has 0 amide bonds. The van der Waals surface area contributed by atoms with Crippen LogP contribution >= 0.6 is 0 Å². The van der Waals surface area contributed by atoms with Crippen molar-refractivity contribution in [3.8, 4) is 0 Å². The van der Waals surface area contributed by atoms with Gasteiger partial charge in [-0.2, -0.15) is 0 Å². The Hall–Kier alpha value is -1.59. The SMILES string of the molecule is CN=C(NCC(C)CN1CCCC1)N1CCC(COCc2ccccc2)C1. The minimum Gasteiger partial charge on any atom is -0.376 e. The third kappa shape index (κ3) is 6.51. The van der Waals surface area contributed by atoms with Gasteiger partial charge in [0.2, 0.25) is 0 Å². The van der Waals surface area contributed by atoms with Gasteiger partial charge in [-0.15, -0.1) is 0 Å². The molecular formula is C22H36N4O. The molecule has 150 valence electrons. The van der Waals surface area contributed by atoms with Crippen molar-refractivity contribution in [2.45, 2.75) is 32.8 Å². The highest BCUT2D eigenvalue weighted by atomic mass is 16.5. The molecule has 2 aliphatic heterocycles. The summed E-state index contributed by atoms with van der Waals surface area (Å²) in [7, 11) is 1.90. The van der Waals surface area contributed by atoms with Crippen molar-refractivity contribution >= 4 is 5.96 Å². The van der Waals surface area contributed by atoms with Crippen molar-refractivity contribution in [2.75, 3.05) is 52.9 Å². The summed E-state index contributed by atoms with van der Waals surface area (Å²) in [6, 6.07) is 10.4. The van der Waals surface area contributed by atoms with Crippen molar-refractivity contribution in [3.63, 3.8) is 0 Å². The smallest absolute Gasteiger partial charge is 0.193 e. The van der Waals surface area contributed by atoms with Gasteiger partial charge in [0.15, 0.2) is 5.96 Å². The molecule has 0 bridgehead atoms. The molecule has 3 rings (SSSR count). The average Bonchev–Trinajstić information content (AvgIpc) is 3.36. The third-order valence-corrected chi connectivity index (χ3v) is 5.64. The fourth-order valence-corrected chi connectivity index (χ4v) is 4.15. The second-order valence-corrected chi connectivity index (χ2v) is 8.14. The fourth-order valence-electron chi connectivity index (χ4n) is 4.15. The van der Waals surface area contributed by atoms with Gasteiger partial charge in [-0.25, -0.2) is 0 Å². The molecule has 0 saturated carbocycles. The van der Waals surface area contributed by atoms with Crippen LogP contribution < -0.4 is 5.32 Å². The fraction of sp³-hybridized carbons (Fsp3) is 0.682. The zero-order valence-electron chi connectivity index (χ0n) is 17.1. The van der Waals surface area contributed by atoms with Gasteiger partial charge in [0.25, 0.3) is 0 Å². The molecule has 2 unspecified atom stereocenters. The third-order valence-electron chi connectivity index (χ3n) is 5.64. The molecule has 27 heavy (non-hydrogen) atoms. The molecule has 5 heteroatoms. The molecule has 1 aromatic carbocycles. The van der Waals surface area contributed by atoms with Crippen LogP contribution in [0, 0.1) is 11.8 Å². The zero-order valence-corrected chi connectivity index (χ0v) is 17.1. The monoisotopic (exact) mass is 372 g/mol. The Balaban J connectivity index is 1.34.